The molecule has 87 heavy (non-hydrogen) atoms. The standard InChI is InChI=1S/C63H60F9IO9S5/c1-37-29-41(5)57(42(6)30-37)83(81-86(76,77)62(67,68)69,58-43(7)31-38(2)32-44(58)8)55-25-17-51(18-26-55)49-13-21-53(22-14-49)73(80-85(74,75)61(64,65)66)54-23-15-50(16-24-54)52-19-27-56(28-20-52)84(82-87(78,79)63(70,71)72,59-45(9)33-39(3)34-46(59)10)60-47(11)35-40(4)36-48(60)12/h13-36H,1-12H3. The minimum absolute atomic E-state index is 0.0888. The van der Waals surface area contributed by atoms with Crippen LogP contribution in [-0.2, 0) is 40.1 Å². The number of aryl methyl sites for hydroxylation is 12. The van der Waals surface area contributed by atoms with Crippen LogP contribution in [0.15, 0.2) is 175 Å². The number of rotatable bonds is 16. The summed E-state index contributed by atoms with van der Waals surface area (Å²) < 4.78 is 226. The zero-order valence-corrected chi connectivity index (χ0v) is 55.1. The van der Waals surface area contributed by atoms with E-state index in [1.54, 1.807) is 132 Å². The summed E-state index contributed by atoms with van der Waals surface area (Å²) in [6.45, 7) is 20.5. The number of benzene rings is 8. The number of hydrogen-bond donors (Lipinski definition) is 0. The third-order valence-electron chi connectivity index (χ3n) is 14.1. The van der Waals surface area contributed by atoms with E-state index in [4.69, 9.17) is 9.77 Å². The second-order valence-corrected chi connectivity index (χ2v) is 36.4. The molecule has 0 saturated carbocycles. The fraction of sp³-hybridized carbons (Fsp3) is 0.238. The van der Waals surface area contributed by atoms with Gasteiger partial charge in [0.25, 0.3) is 0 Å². The van der Waals surface area contributed by atoms with Crippen LogP contribution in [0.2, 0.25) is 0 Å². The Kier molecular flexibility index (Phi) is 18.7. The van der Waals surface area contributed by atoms with E-state index >= 15 is 0 Å². The Balaban J connectivity index is 1.21. The van der Waals surface area contributed by atoms with Crippen LogP contribution in [0.3, 0.4) is 0 Å². The first-order valence-electron chi connectivity index (χ1n) is 26.3. The Morgan fingerprint density at radius 3 is 0.690 bits per heavy atom. The molecule has 0 spiro atoms. The molecular weight excluding hydrogens is 1360 g/mol. The molecule has 0 fully saturated rings. The molecule has 0 unspecified atom stereocenters. The van der Waals surface area contributed by atoms with Crippen molar-refractivity contribution in [1.29, 1.82) is 0 Å². The number of hydrogen-bond acceptors (Lipinski definition) is 9. The molecule has 0 aromatic heterocycles. The third-order valence-corrected chi connectivity index (χ3v) is 32.1. The van der Waals surface area contributed by atoms with Gasteiger partial charge in [-0.25, -0.2) is 0 Å². The van der Waals surface area contributed by atoms with E-state index in [-0.39, 0.29) is 36.5 Å². The molecule has 0 atom stereocenters. The van der Waals surface area contributed by atoms with Crippen LogP contribution in [0, 0.1) is 90.2 Å². The van der Waals surface area contributed by atoms with Crippen molar-refractivity contribution in [3.05, 3.63) is 219 Å². The summed E-state index contributed by atoms with van der Waals surface area (Å²) in [5, 5.41) is 0. The summed E-state index contributed by atoms with van der Waals surface area (Å²) in [6.07, 6.45) is 0. The maximum absolute atomic E-state index is 14.6. The number of alkyl halides is 9. The summed E-state index contributed by atoms with van der Waals surface area (Å²) in [6, 6.07) is 37.4. The molecule has 0 N–H and O–H groups in total. The van der Waals surface area contributed by atoms with Crippen molar-refractivity contribution in [1.82, 2.24) is 0 Å². The predicted octanol–water partition coefficient (Wildman–Crippen LogP) is 19.2. The molecule has 8 aromatic rings. The van der Waals surface area contributed by atoms with Crippen LogP contribution in [-0.4, -0.2) is 41.8 Å². The van der Waals surface area contributed by atoms with Gasteiger partial charge in [-0.05, 0) is 27.7 Å². The van der Waals surface area contributed by atoms with E-state index in [0.717, 1.165) is 22.3 Å². The third kappa shape index (κ3) is 13.0. The predicted molar refractivity (Wildman–Crippen MR) is 331 cm³/mol. The molecule has 24 heteroatoms. The van der Waals surface area contributed by atoms with Gasteiger partial charge in [-0.3, -0.25) is 0 Å². The van der Waals surface area contributed by atoms with Gasteiger partial charge in [-0.2, -0.15) is 26.3 Å². The van der Waals surface area contributed by atoms with Gasteiger partial charge in [0.15, 0.2) is 0 Å². The summed E-state index contributed by atoms with van der Waals surface area (Å²) >= 11 is -4.11. The molecule has 0 aliphatic heterocycles. The Bertz CT molecular complexity index is 3860. The first-order chi connectivity index (χ1) is 40.2. The number of halogens is 10. The van der Waals surface area contributed by atoms with E-state index in [2.05, 4.69) is 0 Å². The van der Waals surface area contributed by atoms with Crippen molar-refractivity contribution in [2.45, 2.75) is 129 Å². The zero-order valence-electron chi connectivity index (χ0n) is 48.9. The normalized spacial score (nSPS) is 13.6. The average molecular weight is 1420 g/mol. The van der Waals surface area contributed by atoms with Gasteiger partial charge < -0.3 is 0 Å². The molecule has 8 aromatic carbocycles. The fourth-order valence-electron chi connectivity index (χ4n) is 11.2. The fourth-order valence-corrected chi connectivity index (χ4v) is 28.6. The first-order valence-corrected chi connectivity index (χ1v) is 36.7. The maximum atomic E-state index is 14.6. The Morgan fingerprint density at radius 1 is 0.299 bits per heavy atom. The minimum atomic E-state index is -6.30. The van der Waals surface area contributed by atoms with Crippen LogP contribution >= 0.6 is 40.9 Å². The molecule has 0 amide bonds. The van der Waals surface area contributed by atoms with Crippen molar-refractivity contribution in [3.8, 4) is 22.3 Å². The molecule has 0 aliphatic carbocycles. The Labute approximate surface area is 512 Å². The van der Waals surface area contributed by atoms with Crippen LogP contribution < -0.4 is 0 Å². The molecule has 0 heterocycles. The van der Waals surface area contributed by atoms with Gasteiger partial charge in [0.1, 0.15) is 0 Å². The summed E-state index contributed by atoms with van der Waals surface area (Å²) in [5.41, 5.74) is -8.89. The zero-order chi connectivity index (χ0) is 64.5. The molecular formula is C63H60F9IO9S5. The monoisotopic (exact) mass is 1420 g/mol. The molecule has 466 valence electrons. The first kappa shape index (κ1) is 67.2. The molecule has 0 saturated heterocycles. The molecule has 0 aliphatic rings. The summed E-state index contributed by atoms with van der Waals surface area (Å²) in [5.74, 6) is 0. The van der Waals surface area contributed by atoms with E-state index < -0.39 is 87.7 Å². The van der Waals surface area contributed by atoms with Crippen LogP contribution in [0.5, 0.6) is 0 Å². The molecule has 9 nitrogen and oxygen atoms in total. The van der Waals surface area contributed by atoms with E-state index in [0.29, 0.717) is 66.8 Å². The quantitative estimate of drug-likeness (QED) is 0.0527. The van der Waals surface area contributed by atoms with Gasteiger partial charge in [0, 0.05) is 0 Å². The van der Waals surface area contributed by atoms with Gasteiger partial charge >= 0.3 is 440 Å². The van der Waals surface area contributed by atoms with Crippen molar-refractivity contribution >= 4 is 71.2 Å². The summed E-state index contributed by atoms with van der Waals surface area (Å²) in [7, 11) is -26.4. The van der Waals surface area contributed by atoms with Gasteiger partial charge in [0.05, 0.1) is 0 Å². The van der Waals surface area contributed by atoms with Crippen molar-refractivity contribution in [2.24, 2.45) is 0 Å². The van der Waals surface area contributed by atoms with E-state index in [1.165, 1.54) is 97.1 Å². The van der Waals surface area contributed by atoms with E-state index in [1.807, 2.05) is 0 Å². The Morgan fingerprint density at radius 2 is 0.494 bits per heavy atom. The van der Waals surface area contributed by atoms with Crippen LogP contribution in [0.1, 0.15) is 66.8 Å². The second-order valence-electron chi connectivity index (χ2n) is 21.2. The van der Waals surface area contributed by atoms with Gasteiger partial charge in [-0.1, -0.05) is 22.3 Å². The van der Waals surface area contributed by atoms with Gasteiger partial charge in [-0.15, -0.1) is 0 Å². The topological polar surface area (TPSA) is 130 Å². The molecule has 8 rings (SSSR count). The molecule has 0 radical (unpaired) electrons. The van der Waals surface area contributed by atoms with Gasteiger partial charge in [0.2, 0.25) is 0 Å². The molecule has 0 bridgehead atoms. The van der Waals surface area contributed by atoms with Crippen molar-refractivity contribution in [2.75, 3.05) is 0 Å². The second kappa shape index (κ2) is 24.2. The van der Waals surface area contributed by atoms with Crippen molar-refractivity contribution in [3.63, 3.8) is 0 Å². The van der Waals surface area contributed by atoms with E-state index in [9.17, 15) is 64.8 Å². The van der Waals surface area contributed by atoms with Crippen LogP contribution in [0.4, 0.5) is 39.5 Å². The average Bonchev–Trinajstić information content (AvgIpc) is 0.732. The SMILES string of the molecule is Cc1cc(C)c(S(OS(=O)(=O)C(F)(F)F)(c2ccc(-c3ccc(I(OS(=O)(=O)C(F)(F)F)c4ccc(-c5ccc(S(OS(=O)(=O)C(F)(F)F)(c6c(C)cc(C)cc6C)c6c(C)cc(C)cc6C)cc5)cc4)cc3)cc2)c2c(C)cc(C)cc2C)c(C)c1. The van der Waals surface area contributed by atoms with Crippen molar-refractivity contribution < 1.29 is 74.5 Å². The summed E-state index contributed by atoms with van der Waals surface area (Å²) in [4.78, 5) is 1.16. The van der Waals surface area contributed by atoms with Crippen LogP contribution in [0.25, 0.3) is 22.3 Å². The Hall–Kier alpha value is -5.71.